The van der Waals surface area contributed by atoms with Crippen LogP contribution in [0.3, 0.4) is 0 Å². The monoisotopic (exact) mass is 166 g/mol. The molecule has 12 heavy (non-hydrogen) atoms. The van der Waals surface area contributed by atoms with Crippen molar-refractivity contribution in [2.24, 2.45) is 0 Å². The van der Waals surface area contributed by atoms with Crippen molar-refractivity contribution in [2.75, 3.05) is 14.1 Å². The van der Waals surface area contributed by atoms with Crippen molar-refractivity contribution in [3.63, 3.8) is 0 Å². The highest BCUT2D eigenvalue weighted by molar-refractivity contribution is 5.07. The van der Waals surface area contributed by atoms with Gasteiger partial charge in [0, 0.05) is 0 Å². The average Bonchev–Trinajstić information content (AvgIpc) is 2.29. The molecule has 68 valence electrons. The van der Waals surface area contributed by atoms with E-state index in [0.29, 0.717) is 0 Å². The predicted molar refractivity (Wildman–Crippen MR) is 49.7 cm³/mol. The van der Waals surface area contributed by atoms with Crippen LogP contribution >= 0.6 is 0 Å². The Bertz CT molecular complexity index is 171. The fraction of sp³-hybridized carbons (Fsp3) is 0.900. The molecule has 0 aliphatic heterocycles. The Morgan fingerprint density at radius 2 is 1.58 bits per heavy atom. The Balaban J connectivity index is 2.70. The van der Waals surface area contributed by atoms with E-state index in [0.717, 1.165) is 12.8 Å². The van der Waals surface area contributed by atoms with Gasteiger partial charge in [0.1, 0.15) is 5.54 Å². The van der Waals surface area contributed by atoms with Crippen molar-refractivity contribution in [1.29, 1.82) is 5.26 Å². The molecule has 0 saturated heterocycles. The SMILES string of the molecule is CN(C)C1(C#N)CCCCCC1. The minimum absolute atomic E-state index is 0.156. The number of hydrogen-bond acceptors (Lipinski definition) is 2. The largest absolute Gasteiger partial charge is 0.292 e. The first-order chi connectivity index (χ1) is 5.71. The van der Waals surface area contributed by atoms with Gasteiger partial charge in [-0.15, -0.1) is 0 Å². The second-order valence-electron chi connectivity index (χ2n) is 3.95. The molecule has 1 saturated carbocycles. The average molecular weight is 166 g/mol. The molecule has 0 aromatic rings. The molecule has 0 spiro atoms. The second-order valence-corrected chi connectivity index (χ2v) is 3.95. The molecule has 0 aromatic heterocycles. The fourth-order valence-electron chi connectivity index (χ4n) is 1.97. The molecule has 0 amide bonds. The summed E-state index contributed by atoms with van der Waals surface area (Å²) < 4.78 is 0. The Labute approximate surface area is 75.2 Å². The molecule has 0 bridgehead atoms. The molecule has 0 N–H and O–H groups in total. The van der Waals surface area contributed by atoms with E-state index >= 15 is 0 Å². The molecule has 0 heterocycles. The zero-order valence-corrected chi connectivity index (χ0v) is 8.14. The lowest BCUT2D eigenvalue weighted by Gasteiger charge is -2.32. The summed E-state index contributed by atoms with van der Waals surface area (Å²) in [6, 6.07) is 2.48. The van der Waals surface area contributed by atoms with Gasteiger partial charge < -0.3 is 0 Å². The van der Waals surface area contributed by atoms with Gasteiger partial charge in [-0.05, 0) is 26.9 Å². The van der Waals surface area contributed by atoms with E-state index < -0.39 is 0 Å². The first kappa shape index (κ1) is 9.54. The highest BCUT2D eigenvalue weighted by Gasteiger charge is 2.32. The topological polar surface area (TPSA) is 27.0 Å². The molecule has 1 aliphatic rings. The van der Waals surface area contributed by atoms with Crippen LogP contribution < -0.4 is 0 Å². The van der Waals surface area contributed by atoms with Gasteiger partial charge in [-0.2, -0.15) is 5.26 Å². The van der Waals surface area contributed by atoms with Crippen LogP contribution in [0.5, 0.6) is 0 Å². The highest BCUT2D eigenvalue weighted by atomic mass is 15.1. The quantitative estimate of drug-likeness (QED) is 0.558. The van der Waals surface area contributed by atoms with Crippen molar-refractivity contribution in [2.45, 2.75) is 44.1 Å². The summed E-state index contributed by atoms with van der Waals surface area (Å²) in [6.45, 7) is 0. The Hall–Kier alpha value is -0.550. The van der Waals surface area contributed by atoms with Crippen LogP contribution in [0.25, 0.3) is 0 Å². The third kappa shape index (κ3) is 1.78. The smallest absolute Gasteiger partial charge is 0.108 e. The summed E-state index contributed by atoms with van der Waals surface area (Å²) in [5, 5.41) is 9.15. The molecule has 1 rings (SSSR count). The standard InChI is InChI=1S/C10H18N2/c1-12(2)10(9-11)7-5-3-4-6-8-10/h3-8H2,1-2H3. The van der Waals surface area contributed by atoms with Crippen LogP contribution in [0.15, 0.2) is 0 Å². The van der Waals surface area contributed by atoms with Crippen molar-refractivity contribution < 1.29 is 0 Å². The van der Waals surface area contributed by atoms with Crippen LogP contribution in [0.2, 0.25) is 0 Å². The summed E-state index contributed by atoms with van der Waals surface area (Å²) in [5.41, 5.74) is -0.156. The van der Waals surface area contributed by atoms with Gasteiger partial charge in [0.05, 0.1) is 6.07 Å². The van der Waals surface area contributed by atoms with Crippen LogP contribution in [-0.4, -0.2) is 24.5 Å². The van der Waals surface area contributed by atoms with Gasteiger partial charge in [-0.1, -0.05) is 25.7 Å². The third-order valence-corrected chi connectivity index (χ3v) is 2.99. The zero-order valence-electron chi connectivity index (χ0n) is 8.14. The van der Waals surface area contributed by atoms with Gasteiger partial charge >= 0.3 is 0 Å². The maximum Gasteiger partial charge on any atom is 0.108 e. The molecule has 0 atom stereocenters. The van der Waals surface area contributed by atoms with Crippen LogP contribution in [-0.2, 0) is 0 Å². The molecule has 0 radical (unpaired) electrons. The van der Waals surface area contributed by atoms with E-state index in [1.807, 2.05) is 14.1 Å². The summed E-state index contributed by atoms with van der Waals surface area (Å²) in [5.74, 6) is 0. The Kier molecular flexibility index (Phi) is 3.11. The molecule has 2 nitrogen and oxygen atoms in total. The van der Waals surface area contributed by atoms with Crippen molar-refractivity contribution in [3.05, 3.63) is 0 Å². The Morgan fingerprint density at radius 1 is 1.08 bits per heavy atom. The molecule has 1 aliphatic carbocycles. The predicted octanol–water partition coefficient (Wildman–Crippen LogP) is 2.16. The molecular formula is C10H18N2. The summed E-state index contributed by atoms with van der Waals surface area (Å²) >= 11 is 0. The lowest BCUT2D eigenvalue weighted by atomic mass is 9.91. The summed E-state index contributed by atoms with van der Waals surface area (Å²) in [7, 11) is 4.04. The third-order valence-electron chi connectivity index (χ3n) is 2.99. The van der Waals surface area contributed by atoms with Crippen LogP contribution in [0.1, 0.15) is 38.5 Å². The van der Waals surface area contributed by atoms with Gasteiger partial charge in [-0.25, -0.2) is 0 Å². The van der Waals surface area contributed by atoms with E-state index in [9.17, 15) is 0 Å². The Morgan fingerprint density at radius 3 is 1.92 bits per heavy atom. The van der Waals surface area contributed by atoms with Gasteiger partial charge in [0.2, 0.25) is 0 Å². The normalized spacial score (nSPS) is 23.2. The molecule has 0 unspecified atom stereocenters. The molecular weight excluding hydrogens is 148 g/mol. The molecule has 2 heteroatoms. The zero-order chi connectivity index (χ0) is 9.03. The van der Waals surface area contributed by atoms with Crippen LogP contribution in [0.4, 0.5) is 0 Å². The molecule has 1 fully saturated rings. The number of rotatable bonds is 1. The minimum Gasteiger partial charge on any atom is -0.292 e. The van der Waals surface area contributed by atoms with E-state index in [2.05, 4.69) is 11.0 Å². The second kappa shape index (κ2) is 3.91. The van der Waals surface area contributed by atoms with Gasteiger partial charge in [-0.3, -0.25) is 4.90 Å². The number of hydrogen-bond donors (Lipinski definition) is 0. The number of nitriles is 1. The maximum absolute atomic E-state index is 9.15. The fourth-order valence-corrected chi connectivity index (χ4v) is 1.97. The summed E-state index contributed by atoms with van der Waals surface area (Å²) in [4.78, 5) is 2.10. The lowest BCUT2D eigenvalue weighted by Crippen LogP contribution is -2.42. The lowest BCUT2D eigenvalue weighted by molar-refractivity contribution is 0.191. The maximum atomic E-state index is 9.15. The van der Waals surface area contributed by atoms with Crippen LogP contribution in [0, 0.1) is 11.3 Å². The first-order valence-electron chi connectivity index (χ1n) is 4.80. The van der Waals surface area contributed by atoms with Crippen molar-refractivity contribution in [1.82, 2.24) is 4.90 Å². The minimum atomic E-state index is -0.156. The summed E-state index contributed by atoms with van der Waals surface area (Å²) in [6.07, 6.45) is 7.14. The number of nitrogens with zero attached hydrogens (tertiary/aromatic N) is 2. The van der Waals surface area contributed by atoms with E-state index in [1.165, 1.54) is 25.7 Å². The first-order valence-corrected chi connectivity index (χ1v) is 4.80. The van der Waals surface area contributed by atoms with E-state index in [1.54, 1.807) is 0 Å². The van der Waals surface area contributed by atoms with Crippen molar-refractivity contribution >= 4 is 0 Å². The highest BCUT2D eigenvalue weighted by Crippen LogP contribution is 2.30. The van der Waals surface area contributed by atoms with Gasteiger partial charge in [0.15, 0.2) is 0 Å². The van der Waals surface area contributed by atoms with E-state index in [4.69, 9.17) is 5.26 Å². The van der Waals surface area contributed by atoms with Crippen molar-refractivity contribution in [3.8, 4) is 6.07 Å². The van der Waals surface area contributed by atoms with Gasteiger partial charge in [0.25, 0.3) is 0 Å². The van der Waals surface area contributed by atoms with E-state index in [-0.39, 0.29) is 5.54 Å². The molecule has 0 aromatic carbocycles.